The summed E-state index contributed by atoms with van der Waals surface area (Å²) in [6.45, 7) is 7.92. The average Bonchev–Trinajstić information content (AvgIpc) is 3.86. The third kappa shape index (κ3) is 5.66. The highest BCUT2D eigenvalue weighted by atomic mass is 16.3. The molecule has 9 nitrogen and oxygen atoms in total. The second-order valence-corrected chi connectivity index (χ2v) is 15.4. The van der Waals surface area contributed by atoms with Gasteiger partial charge in [-0.15, -0.1) is 0 Å². The first-order valence-corrected chi connectivity index (χ1v) is 20.4. The van der Waals surface area contributed by atoms with Crippen LogP contribution < -0.4 is 11.1 Å². The van der Waals surface area contributed by atoms with Crippen molar-refractivity contribution in [2.75, 3.05) is 0 Å². The number of furan rings is 1. The van der Waals surface area contributed by atoms with E-state index in [0.717, 1.165) is 44.0 Å². The van der Waals surface area contributed by atoms with Gasteiger partial charge in [0.1, 0.15) is 11.2 Å². The molecule has 294 valence electrons. The predicted molar refractivity (Wildman–Crippen MR) is 251 cm³/mol. The number of rotatable bonds is 5. The number of para-hydroxylation sites is 2. The molecule has 0 saturated carbocycles. The van der Waals surface area contributed by atoms with Gasteiger partial charge in [0, 0.05) is 43.9 Å². The average molecular weight is 811 g/mol. The monoisotopic (exact) mass is 810 g/mol. The number of hydrogen-bond donors (Lipinski definition) is 0. The Hall–Kier alpha value is -9.00. The molecule has 4 heterocycles. The topological polar surface area (TPSA) is 100 Å². The summed E-state index contributed by atoms with van der Waals surface area (Å²) in [5.41, 5.74) is 5.97. The van der Waals surface area contributed by atoms with E-state index >= 15 is 9.59 Å². The van der Waals surface area contributed by atoms with E-state index in [0.29, 0.717) is 72.5 Å². The van der Waals surface area contributed by atoms with Gasteiger partial charge in [0.2, 0.25) is 0 Å². The fourth-order valence-electron chi connectivity index (χ4n) is 8.90. The highest BCUT2D eigenvalue weighted by molar-refractivity contribution is 6.26. The van der Waals surface area contributed by atoms with E-state index in [2.05, 4.69) is 9.41 Å². The van der Waals surface area contributed by atoms with Gasteiger partial charge < -0.3 is 8.98 Å². The minimum atomic E-state index is -0.496. The van der Waals surface area contributed by atoms with Gasteiger partial charge in [-0.2, -0.15) is 0 Å². The van der Waals surface area contributed by atoms with Crippen molar-refractivity contribution in [1.82, 2.24) is 24.1 Å². The molecule has 63 heavy (non-hydrogen) atoms. The van der Waals surface area contributed by atoms with Crippen LogP contribution in [0, 0.1) is 6.57 Å². The summed E-state index contributed by atoms with van der Waals surface area (Å²) in [7, 11) is 0. The number of benzene rings is 8. The molecule has 12 rings (SSSR count). The Kier molecular flexibility index (Phi) is 8.01. The van der Waals surface area contributed by atoms with Crippen LogP contribution in [0.2, 0.25) is 0 Å². The summed E-state index contributed by atoms with van der Waals surface area (Å²) in [5.74, 6) is 1.49. The number of nitrogens with zero attached hydrogens (tertiary/aromatic N) is 6. The molecule has 0 aliphatic heterocycles. The molecule has 0 spiro atoms. The van der Waals surface area contributed by atoms with E-state index in [1.165, 1.54) is 4.57 Å². The van der Waals surface area contributed by atoms with Crippen LogP contribution in [-0.2, 0) is 0 Å². The van der Waals surface area contributed by atoms with Crippen LogP contribution in [0.25, 0.3) is 116 Å². The zero-order valence-electron chi connectivity index (χ0n) is 33.2. The van der Waals surface area contributed by atoms with E-state index in [9.17, 15) is 0 Å². The standard InChI is InChI=1S/C54H30N6O3/c1-55-35-23-27-44-43(29-35)48-45(59(44)36-17-9-4-10-18-36)28-26-39-40-31-47-41(38-19-11-12-20-46(38)63-47)30-42(40)53(61)60(54(62)49(39)48)37-24-21-34(22-25-37)52-57-50(32-13-5-2-6-14-32)56-51(58-52)33-15-7-3-8-16-33/h2-31H. The van der Waals surface area contributed by atoms with Gasteiger partial charge >= 0.3 is 0 Å². The van der Waals surface area contributed by atoms with Crippen LogP contribution in [0.1, 0.15) is 0 Å². The number of fused-ring (bicyclic) bond motifs is 10. The fourth-order valence-corrected chi connectivity index (χ4v) is 8.90. The first-order chi connectivity index (χ1) is 31.0. The largest absolute Gasteiger partial charge is 0.456 e. The Morgan fingerprint density at radius 1 is 0.413 bits per heavy atom. The van der Waals surface area contributed by atoms with Gasteiger partial charge in [0.25, 0.3) is 11.1 Å². The van der Waals surface area contributed by atoms with Crippen molar-refractivity contribution >= 4 is 71.0 Å². The third-order valence-electron chi connectivity index (χ3n) is 11.8. The Labute approximate surface area is 357 Å². The van der Waals surface area contributed by atoms with Gasteiger partial charge in [0.15, 0.2) is 23.2 Å². The molecule has 12 aromatic rings. The van der Waals surface area contributed by atoms with Crippen LogP contribution in [0.4, 0.5) is 5.69 Å². The Morgan fingerprint density at radius 2 is 1.00 bits per heavy atom. The molecule has 8 aromatic carbocycles. The molecule has 0 aliphatic carbocycles. The molecule has 0 unspecified atom stereocenters. The van der Waals surface area contributed by atoms with Crippen molar-refractivity contribution in [2.24, 2.45) is 0 Å². The Balaban J connectivity index is 1.17. The van der Waals surface area contributed by atoms with Crippen molar-refractivity contribution in [3.8, 4) is 45.5 Å². The lowest BCUT2D eigenvalue weighted by molar-refractivity contribution is 0.669. The van der Waals surface area contributed by atoms with Gasteiger partial charge in [-0.05, 0) is 89.0 Å². The predicted octanol–water partition coefficient (Wildman–Crippen LogP) is 12.2. The SMILES string of the molecule is [C-]#[N+]c1ccc2c(c1)c1c3c(=O)n(-c4ccc(-c5nc(-c6ccccc6)nc(-c6ccccc6)n5)cc4)c(=O)c4cc5c(cc4c3ccc1n2-c1ccccc1)oc1ccccc15. The summed E-state index contributed by atoms with van der Waals surface area (Å²) in [6, 6.07) is 57.5. The third-order valence-corrected chi connectivity index (χ3v) is 11.8. The van der Waals surface area contributed by atoms with Crippen molar-refractivity contribution in [1.29, 1.82) is 0 Å². The van der Waals surface area contributed by atoms with Gasteiger partial charge in [-0.1, -0.05) is 109 Å². The zero-order valence-corrected chi connectivity index (χ0v) is 33.2. The molecule has 4 aromatic heterocycles. The minimum absolute atomic E-state index is 0.346. The van der Waals surface area contributed by atoms with Crippen LogP contribution in [0.15, 0.2) is 196 Å². The summed E-state index contributed by atoms with van der Waals surface area (Å²) in [5, 5.41) is 4.86. The first kappa shape index (κ1) is 35.9. The molecular weight excluding hydrogens is 781 g/mol. The van der Waals surface area contributed by atoms with Crippen LogP contribution in [-0.4, -0.2) is 24.1 Å². The first-order valence-electron chi connectivity index (χ1n) is 20.4. The van der Waals surface area contributed by atoms with Crippen molar-refractivity contribution in [2.45, 2.75) is 0 Å². The van der Waals surface area contributed by atoms with E-state index in [1.54, 1.807) is 18.2 Å². The van der Waals surface area contributed by atoms with Crippen molar-refractivity contribution < 1.29 is 4.42 Å². The maximum absolute atomic E-state index is 15.7. The Morgan fingerprint density at radius 3 is 1.67 bits per heavy atom. The molecule has 0 N–H and O–H groups in total. The maximum atomic E-state index is 15.7. The highest BCUT2D eigenvalue weighted by Gasteiger charge is 2.22. The van der Waals surface area contributed by atoms with E-state index in [-0.39, 0.29) is 0 Å². The number of aromatic nitrogens is 5. The van der Waals surface area contributed by atoms with Crippen LogP contribution in [0.5, 0.6) is 0 Å². The molecule has 0 radical (unpaired) electrons. The molecule has 0 fully saturated rings. The summed E-state index contributed by atoms with van der Waals surface area (Å²) >= 11 is 0. The van der Waals surface area contributed by atoms with Crippen molar-refractivity contribution in [3.63, 3.8) is 0 Å². The molecule has 0 bridgehead atoms. The smallest absolute Gasteiger partial charge is 0.266 e. The fraction of sp³-hybridized carbons (Fsp3) is 0. The quantitative estimate of drug-likeness (QED) is 0.161. The molecular formula is C54H30N6O3. The zero-order chi connectivity index (χ0) is 42.2. The second-order valence-electron chi connectivity index (χ2n) is 15.4. The van der Waals surface area contributed by atoms with Crippen LogP contribution in [0.3, 0.4) is 0 Å². The van der Waals surface area contributed by atoms with E-state index < -0.39 is 11.1 Å². The molecule has 0 aliphatic rings. The van der Waals surface area contributed by atoms with Gasteiger partial charge in [0.05, 0.1) is 28.7 Å². The van der Waals surface area contributed by atoms with Gasteiger partial charge in [-0.25, -0.2) is 24.4 Å². The lowest BCUT2D eigenvalue weighted by atomic mass is 10.0. The lowest BCUT2D eigenvalue weighted by Gasteiger charge is -2.09. The summed E-state index contributed by atoms with van der Waals surface area (Å²) in [6.07, 6.45) is 0. The molecule has 0 amide bonds. The summed E-state index contributed by atoms with van der Waals surface area (Å²) in [4.78, 5) is 49.4. The highest BCUT2D eigenvalue weighted by Crippen LogP contribution is 2.40. The molecule has 0 saturated heterocycles. The number of hydrogen-bond acceptors (Lipinski definition) is 6. The molecule has 0 atom stereocenters. The minimum Gasteiger partial charge on any atom is -0.456 e. The van der Waals surface area contributed by atoms with Crippen LogP contribution >= 0.6 is 0 Å². The van der Waals surface area contributed by atoms with Gasteiger partial charge in [-0.3, -0.25) is 9.59 Å². The van der Waals surface area contributed by atoms with Crippen molar-refractivity contribution in [3.05, 3.63) is 214 Å². The lowest BCUT2D eigenvalue weighted by Crippen LogP contribution is -2.28. The molecule has 9 heteroatoms. The maximum Gasteiger partial charge on any atom is 0.266 e. The second kappa shape index (κ2) is 14.0. The summed E-state index contributed by atoms with van der Waals surface area (Å²) < 4.78 is 9.73. The van der Waals surface area contributed by atoms with E-state index in [4.69, 9.17) is 25.9 Å². The Bertz CT molecular complexity index is 3950. The van der Waals surface area contributed by atoms with E-state index in [1.807, 2.05) is 164 Å². The normalized spacial score (nSPS) is 11.6.